The van der Waals surface area contributed by atoms with Gasteiger partial charge in [0.2, 0.25) is 5.88 Å². The number of hydrazone groups is 1. The number of nitrogens with zero attached hydrogens (tertiary/aromatic N) is 2. The van der Waals surface area contributed by atoms with E-state index >= 15 is 0 Å². The number of hydrogen-bond acceptors (Lipinski definition) is 8. The predicted molar refractivity (Wildman–Crippen MR) is 111 cm³/mol. The molecule has 3 rings (SSSR count). The van der Waals surface area contributed by atoms with Crippen LogP contribution in [0.3, 0.4) is 0 Å². The third-order valence-electron chi connectivity index (χ3n) is 4.26. The number of amides is 1. The molecule has 0 fully saturated rings. The van der Waals surface area contributed by atoms with E-state index in [4.69, 9.17) is 9.47 Å². The molecule has 0 aliphatic heterocycles. The first-order valence-electron chi connectivity index (χ1n) is 8.79. The Balaban J connectivity index is 2.01. The van der Waals surface area contributed by atoms with Gasteiger partial charge in [-0.15, -0.1) is 0 Å². The molecule has 4 N–H and O–H groups in total. The Morgan fingerprint density at radius 1 is 1.13 bits per heavy atom. The Kier molecular flexibility index (Phi) is 6.05. The Morgan fingerprint density at radius 3 is 2.55 bits per heavy atom. The van der Waals surface area contributed by atoms with E-state index in [0.717, 1.165) is 10.8 Å². The van der Waals surface area contributed by atoms with Gasteiger partial charge in [-0.3, -0.25) is 14.6 Å². The van der Waals surface area contributed by atoms with Crippen molar-refractivity contribution in [2.75, 3.05) is 14.2 Å². The first-order valence-corrected chi connectivity index (χ1v) is 8.79. The lowest BCUT2D eigenvalue weighted by Gasteiger charge is -2.14. The average molecular weight is 426 g/mol. The molecule has 0 aliphatic rings. The van der Waals surface area contributed by atoms with E-state index in [0.29, 0.717) is 5.75 Å². The summed E-state index contributed by atoms with van der Waals surface area (Å²) in [7, 11) is 2.79. The molecule has 1 amide bonds. The van der Waals surface area contributed by atoms with Gasteiger partial charge in [0.05, 0.1) is 31.7 Å². The van der Waals surface area contributed by atoms with E-state index in [-0.39, 0.29) is 22.7 Å². The number of aromatic amines is 1. The number of aromatic hydroxyl groups is 2. The van der Waals surface area contributed by atoms with Gasteiger partial charge in [0.1, 0.15) is 22.8 Å². The minimum absolute atomic E-state index is 0.0381. The van der Waals surface area contributed by atoms with Crippen molar-refractivity contribution in [3.63, 3.8) is 0 Å². The quantitative estimate of drug-likeness (QED) is 0.334. The second-order valence-electron chi connectivity index (χ2n) is 6.09. The average Bonchev–Trinajstić information content (AvgIpc) is 2.75. The van der Waals surface area contributed by atoms with Crippen LogP contribution in [0.15, 0.2) is 57.2 Å². The van der Waals surface area contributed by atoms with E-state index in [2.05, 4.69) is 15.5 Å². The zero-order valence-electron chi connectivity index (χ0n) is 16.4. The van der Waals surface area contributed by atoms with Gasteiger partial charge in [-0.2, -0.15) is 5.10 Å². The number of phenols is 1. The molecule has 0 spiro atoms. The molecule has 0 bridgehead atoms. The van der Waals surface area contributed by atoms with Crippen molar-refractivity contribution in [2.24, 2.45) is 5.10 Å². The van der Waals surface area contributed by atoms with E-state index in [1.807, 2.05) is 0 Å². The molecular formula is C20H18N4O7. The summed E-state index contributed by atoms with van der Waals surface area (Å²) in [6.45, 7) is 0. The van der Waals surface area contributed by atoms with E-state index in [1.54, 1.807) is 18.2 Å². The predicted octanol–water partition coefficient (Wildman–Crippen LogP) is 0.718. The van der Waals surface area contributed by atoms with Gasteiger partial charge in [0.15, 0.2) is 0 Å². The summed E-state index contributed by atoms with van der Waals surface area (Å²) in [5, 5.41) is 24.0. The Labute approximate surface area is 174 Å². The summed E-state index contributed by atoms with van der Waals surface area (Å²) >= 11 is 0. The highest BCUT2D eigenvalue weighted by Gasteiger charge is 2.18. The number of carbonyl (C=O) groups excluding carboxylic acids is 1. The van der Waals surface area contributed by atoms with Gasteiger partial charge in [0, 0.05) is 6.07 Å². The van der Waals surface area contributed by atoms with Crippen LogP contribution in [-0.4, -0.2) is 46.1 Å². The van der Waals surface area contributed by atoms with E-state index < -0.39 is 28.6 Å². The largest absolute Gasteiger partial charge is 0.507 e. The minimum atomic E-state index is -0.929. The van der Waals surface area contributed by atoms with Crippen molar-refractivity contribution >= 4 is 12.1 Å². The normalized spacial score (nSPS) is 10.8. The molecule has 0 atom stereocenters. The zero-order valence-corrected chi connectivity index (χ0v) is 16.4. The van der Waals surface area contributed by atoms with Gasteiger partial charge in [-0.05, 0) is 24.3 Å². The Bertz CT molecular complexity index is 1280. The number of hydrogen-bond donors (Lipinski definition) is 4. The molecular weight excluding hydrogens is 408 g/mol. The van der Waals surface area contributed by atoms with Crippen LogP contribution < -0.4 is 26.1 Å². The van der Waals surface area contributed by atoms with E-state index in [1.165, 1.54) is 38.5 Å². The standard InChI is InChI=1S/C20H18N4O7/c1-30-11-7-8-16(31-2)14(9-11)24-19(28)13(17(26)22-20(24)29)10-21-23-18(27)12-5-3-4-6-15(12)25/h3-10,25,28H,1-2H3,(H,23,27)(H,22,26,29)/b21-10+. The van der Waals surface area contributed by atoms with E-state index in [9.17, 15) is 24.6 Å². The number of carbonyl (C=O) groups is 1. The van der Waals surface area contributed by atoms with Crippen LogP contribution in [0.2, 0.25) is 0 Å². The fraction of sp³-hybridized carbons (Fsp3) is 0.100. The highest BCUT2D eigenvalue weighted by molar-refractivity contribution is 5.97. The first kappa shape index (κ1) is 21.2. The fourth-order valence-electron chi connectivity index (χ4n) is 2.73. The molecule has 11 heteroatoms. The molecule has 160 valence electrons. The third-order valence-corrected chi connectivity index (χ3v) is 4.26. The van der Waals surface area contributed by atoms with Crippen LogP contribution in [-0.2, 0) is 0 Å². The summed E-state index contributed by atoms with van der Waals surface area (Å²) < 4.78 is 11.2. The SMILES string of the molecule is COc1ccc(OC)c(-n2c(O)c(/C=N/NC(=O)c3ccccc3O)c(=O)[nH]c2=O)c1. The van der Waals surface area contributed by atoms with Crippen LogP contribution in [0.25, 0.3) is 5.69 Å². The number of methoxy groups -OCH3 is 2. The van der Waals surface area contributed by atoms with Crippen molar-refractivity contribution < 1.29 is 24.5 Å². The Morgan fingerprint density at radius 2 is 1.87 bits per heavy atom. The summed E-state index contributed by atoms with van der Waals surface area (Å²) in [5.74, 6) is -1.14. The molecule has 0 saturated carbocycles. The zero-order chi connectivity index (χ0) is 22.5. The topological polar surface area (TPSA) is 155 Å². The third kappa shape index (κ3) is 4.24. The number of benzene rings is 2. The van der Waals surface area contributed by atoms with Crippen molar-refractivity contribution in [1.29, 1.82) is 0 Å². The highest BCUT2D eigenvalue weighted by atomic mass is 16.5. The number of aromatic nitrogens is 2. The summed E-state index contributed by atoms with van der Waals surface area (Å²) in [6.07, 6.45) is 0.870. The molecule has 11 nitrogen and oxygen atoms in total. The summed E-state index contributed by atoms with van der Waals surface area (Å²) in [6, 6.07) is 10.3. The molecule has 0 unspecified atom stereocenters. The number of nitrogens with one attached hydrogen (secondary N) is 2. The number of rotatable bonds is 6. The second-order valence-corrected chi connectivity index (χ2v) is 6.09. The maximum absolute atomic E-state index is 12.4. The van der Waals surface area contributed by atoms with Crippen molar-refractivity contribution in [3.05, 3.63) is 74.4 Å². The lowest BCUT2D eigenvalue weighted by atomic mass is 10.2. The van der Waals surface area contributed by atoms with Crippen molar-refractivity contribution in [1.82, 2.24) is 15.0 Å². The number of phenolic OH excluding ortho intramolecular Hbond substituents is 1. The maximum atomic E-state index is 12.4. The Hall–Kier alpha value is -4.54. The fourth-order valence-corrected chi connectivity index (χ4v) is 2.73. The molecule has 2 aromatic carbocycles. The smallest absolute Gasteiger partial charge is 0.335 e. The lowest BCUT2D eigenvalue weighted by Crippen LogP contribution is -2.32. The number of H-pyrrole nitrogens is 1. The van der Waals surface area contributed by atoms with Gasteiger partial charge < -0.3 is 19.7 Å². The second kappa shape index (κ2) is 8.86. The minimum Gasteiger partial charge on any atom is -0.507 e. The van der Waals surface area contributed by atoms with Gasteiger partial charge >= 0.3 is 5.69 Å². The molecule has 1 aromatic heterocycles. The molecule has 0 aliphatic carbocycles. The lowest BCUT2D eigenvalue weighted by molar-refractivity contribution is 0.0952. The first-order chi connectivity index (χ1) is 14.9. The van der Waals surface area contributed by atoms with Crippen LogP contribution in [0, 0.1) is 0 Å². The molecule has 0 saturated heterocycles. The monoisotopic (exact) mass is 426 g/mol. The molecule has 3 aromatic rings. The van der Waals surface area contributed by atoms with Crippen LogP contribution in [0.5, 0.6) is 23.1 Å². The van der Waals surface area contributed by atoms with Crippen molar-refractivity contribution in [3.8, 4) is 28.8 Å². The van der Waals surface area contributed by atoms with Gasteiger partial charge in [-0.1, -0.05) is 12.1 Å². The maximum Gasteiger partial charge on any atom is 0.335 e. The number of ether oxygens (including phenoxy) is 2. The molecule has 31 heavy (non-hydrogen) atoms. The summed E-state index contributed by atoms with van der Waals surface area (Å²) in [4.78, 5) is 38.8. The van der Waals surface area contributed by atoms with Gasteiger partial charge in [0.25, 0.3) is 11.5 Å². The number of para-hydroxylation sites is 1. The molecule has 1 heterocycles. The van der Waals surface area contributed by atoms with Gasteiger partial charge in [-0.25, -0.2) is 14.8 Å². The van der Waals surface area contributed by atoms with Crippen molar-refractivity contribution in [2.45, 2.75) is 0 Å². The van der Waals surface area contributed by atoms with Crippen LogP contribution >= 0.6 is 0 Å². The highest BCUT2D eigenvalue weighted by Crippen LogP contribution is 2.29. The van der Waals surface area contributed by atoms with Crippen LogP contribution in [0.4, 0.5) is 0 Å². The molecule has 0 radical (unpaired) electrons. The van der Waals surface area contributed by atoms with Crippen LogP contribution in [0.1, 0.15) is 15.9 Å². The summed E-state index contributed by atoms with van der Waals surface area (Å²) in [5.41, 5.74) is -0.0579.